The molecule has 1 fully saturated rings. The Morgan fingerprint density at radius 1 is 1.38 bits per heavy atom. The van der Waals surface area contributed by atoms with Gasteiger partial charge in [-0.15, -0.1) is 0 Å². The average molecular weight is 349 g/mol. The number of halogens is 1. The van der Waals surface area contributed by atoms with Crippen LogP contribution in [0.1, 0.15) is 11.6 Å². The molecule has 0 spiro atoms. The van der Waals surface area contributed by atoms with E-state index in [-0.39, 0.29) is 11.6 Å². The minimum atomic E-state index is -0.135. The summed E-state index contributed by atoms with van der Waals surface area (Å²) in [6, 6.07) is 7.94. The normalized spacial score (nSPS) is 16.8. The first kappa shape index (κ1) is 17.0. The van der Waals surface area contributed by atoms with Crippen molar-refractivity contribution in [3.05, 3.63) is 57.6 Å². The Morgan fingerprint density at radius 3 is 2.92 bits per heavy atom. The number of ether oxygens (including phenoxy) is 1. The summed E-state index contributed by atoms with van der Waals surface area (Å²) in [4.78, 5) is 18.6. The van der Waals surface area contributed by atoms with E-state index in [0.29, 0.717) is 30.6 Å². The standard InChI is InChI=1S/C17H21ClN4O2/c1-21-6-5-19-16(17(21)23)20-12-15(22-7-9-24-10-8-22)13-3-2-4-14(18)11-13/h2-6,11,15H,7-10,12H2,1H3,(H,19,20). The number of nitrogens with zero attached hydrogens (tertiary/aromatic N) is 3. The molecule has 0 amide bonds. The molecular formula is C17H21ClN4O2. The van der Waals surface area contributed by atoms with E-state index in [1.807, 2.05) is 18.2 Å². The lowest BCUT2D eigenvalue weighted by molar-refractivity contribution is 0.0187. The van der Waals surface area contributed by atoms with Gasteiger partial charge in [-0.2, -0.15) is 0 Å². The third-order valence-corrected chi connectivity index (χ3v) is 4.43. The summed E-state index contributed by atoms with van der Waals surface area (Å²) in [5.41, 5.74) is 0.981. The highest BCUT2D eigenvalue weighted by Gasteiger charge is 2.23. The topological polar surface area (TPSA) is 59.4 Å². The lowest BCUT2D eigenvalue weighted by Gasteiger charge is -2.35. The van der Waals surface area contributed by atoms with Crippen LogP contribution in [0.5, 0.6) is 0 Å². The summed E-state index contributed by atoms with van der Waals surface area (Å²) >= 11 is 6.16. The Morgan fingerprint density at radius 2 is 2.17 bits per heavy atom. The van der Waals surface area contributed by atoms with Crippen LogP contribution in [0.4, 0.5) is 5.82 Å². The Bertz CT molecular complexity index is 743. The number of anilines is 1. The number of aromatic nitrogens is 2. The summed E-state index contributed by atoms with van der Waals surface area (Å²) in [6.07, 6.45) is 3.26. The molecule has 1 saturated heterocycles. The SMILES string of the molecule is Cn1ccnc(NCC(c2cccc(Cl)c2)N2CCOCC2)c1=O. The molecule has 1 atom stereocenters. The largest absolute Gasteiger partial charge is 0.379 e. The molecule has 1 unspecified atom stereocenters. The van der Waals surface area contributed by atoms with E-state index in [1.54, 1.807) is 19.4 Å². The molecular weight excluding hydrogens is 328 g/mol. The Labute approximate surface area is 146 Å². The second-order valence-electron chi connectivity index (χ2n) is 5.79. The van der Waals surface area contributed by atoms with Crippen LogP contribution in [0.3, 0.4) is 0 Å². The van der Waals surface area contributed by atoms with Crippen molar-refractivity contribution in [3.8, 4) is 0 Å². The summed E-state index contributed by atoms with van der Waals surface area (Å²) < 4.78 is 6.97. The summed E-state index contributed by atoms with van der Waals surface area (Å²) in [7, 11) is 1.71. The van der Waals surface area contributed by atoms with Crippen molar-refractivity contribution in [1.82, 2.24) is 14.5 Å². The van der Waals surface area contributed by atoms with E-state index < -0.39 is 0 Å². The second kappa shape index (κ2) is 7.79. The molecule has 0 radical (unpaired) electrons. The lowest BCUT2D eigenvalue weighted by Crippen LogP contribution is -2.42. The van der Waals surface area contributed by atoms with E-state index in [9.17, 15) is 4.79 Å². The third-order valence-electron chi connectivity index (χ3n) is 4.20. The first-order valence-electron chi connectivity index (χ1n) is 7.98. The number of benzene rings is 1. The summed E-state index contributed by atoms with van der Waals surface area (Å²) in [5, 5.41) is 3.91. The van der Waals surface area contributed by atoms with Crippen LogP contribution in [0, 0.1) is 0 Å². The van der Waals surface area contributed by atoms with Crippen molar-refractivity contribution in [3.63, 3.8) is 0 Å². The number of hydrogen-bond acceptors (Lipinski definition) is 5. The van der Waals surface area contributed by atoms with Gasteiger partial charge in [0.2, 0.25) is 0 Å². The van der Waals surface area contributed by atoms with Crippen molar-refractivity contribution in [2.75, 3.05) is 38.2 Å². The summed E-state index contributed by atoms with van der Waals surface area (Å²) in [6.45, 7) is 3.69. The number of hydrogen-bond donors (Lipinski definition) is 1. The van der Waals surface area contributed by atoms with Crippen LogP contribution in [-0.4, -0.2) is 47.3 Å². The third kappa shape index (κ3) is 3.95. The zero-order valence-corrected chi connectivity index (χ0v) is 14.4. The molecule has 0 saturated carbocycles. The molecule has 7 heteroatoms. The van der Waals surface area contributed by atoms with Gasteiger partial charge in [-0.3, -0.25) is 9.69 Å². The minimum absolute atomic E-state index is 0.0966. The van der Waals surface area contributed by atoms with Crippen LogP contribution < -0.4 is 10.9 Å². The van der Waals surface area contributed by atoms with Gasteiger partial charge in [0, 0.05) is 44.1 Å². The second-order valence-corrected chi connectivity index (χ2v) is 6.23. The van der Waals surface area contributed by atoms with Crippen LogP contribution >= 0.6 is 11.6 Å². The van der Waals surface area contributed by atoms with Gasteiger partial charge in [0.05, 0.1) is 19.3 Å². The van der Waals surface area contributed by atoms with Crippen molar-refractivity contribution >= 4 is 17.4 Å². The lowest BCUT2D eigenvalue weighted by atomic mass is 10.0. The molecule has 0 aliphatic carbocycles. The van der Waals surface area contributed by atoms with E-state index in [2.05, 4.69) is 21.3 Å². The predicted octanol–water partition coefficient (Wildman–Crippen LogP) is 1.92. The fraction of sp³-hybridized carbons (Fsp3) is 0.412. The number of aryl methyl sites for hydroxylation is 1. The number of morpholine rings is 1. The van der Waals surface area contributed by atoms with Gasteiger partial charge in [0.1, 0.15) is 0 Å². The van der Waals surface area contributed by atoms with Gasteiger partial charge in [-0.1, -0.05) is 23.7 Å². The maximum absolute atomic E-state index is 12.1. The van der Waals surface area contributed by atoms with Crippen LogP contribution in [0.2, 0.25) is 5.02 Å². The molecule has 128 valence electrons. The highest BCUT2D eigenvalue weighted by molar-refractivity contribution is 6.30. The van der Waals surface area contributed by atoms with Gasteiger partial charge in [-0.05, 0) is 17.7 Å². The Hall–Kier alpha value is -1.89. The molecule has 0 bridgehead atoms. The van der Waals surface area contributed by atoms with Crippen LogP contribution in [-0.2, 0) is 11.8 Å². The van der Waals surface area contributed by atoms with Gasteiger partial charge in [-0.25, -0.2) is 4.98 Å². The van der Waals surface area contributed by atoms with Crippen LogP contribution in [0.15, 0.2) is 41.5 Å². The zero-order valence-electron chi connectivity index (χ0n) is 13.6. The van der Waals surface area contributed by atoms with Crippen LogP contribution in [0.25, 0.3) is 0 Å². The Kier molecular flexibility index (Phi) is 5.50. The molecule has 24 heavy (non-hydrogen) atoms. The van der Waals surface area contributed by atoms with E-state index in [0.717, 1.165) is 18.7 Å². The molecule has 3 rings (SSSR count). The maximum atomic E-state index is 12.1. The fourth-order valence-electron chi connectivity index (χ4n) is 2.87. The predicted molar refractivity (Wildman–Crippen MR) is 94.6 cm³/mol. The molecule has 1 N–H and O–H groups in total. The van der Waals surface area contributed by atoms with Gasteiger partial charge >= 0.3 is 0 Å². The molecule has 6 nitrogen and oxygen atoms in total. The number of nitrogens with one attached hydrogen (secondary N) is 1. The van der Waals surface area contributed by atoms with E-state index in [1.165, 1.54) is 4.57 Å². The minimum Gasteiger partial charge on any atom is -0.379 e. The van der Waals surface area contributed by atoms with Gasteiger partial charge in [0.15, 0.2) is 5.82 Å². The maximum Gasteiger partial charge on any atom is 0.293 e. The molecule has 1 aromatic heterocycles. The Balaban J connectivity index is 1.81. The highest BCUT2D eigenvalue weighted by Crippen LogP contribution is 2.24. The summed E-state index contributed by atoms with van der Waals surface area (Å²) in [5.74, 6) is 0.361. The van der Waals surface area contributed by atoms with Gasteiger partial charge < -0.3 is 14.6 Å². The average Bonchev–Trinajstić information content (AvgIpc) is 2.60. The van der Waals surface area contributed by atoms with Crippen molar-refractivity contribution in [2.24, 2.45) is 7.05 Å². The van der Waals surface area contributed by atoms with Crippen molar-refractivity contribution in [2.45, 2.75) is 6.04 Å². The smallest absolute Gasteiger partial charge is 0.293 e. The molecule has 2 aromatic rings. The van der Waals surface area contributed by atoms with Crippen molar-refractivity contribution < 1.29 is 4.74 Å². The monoisotopic (exact) mass is 348 g/mol. The molecule has 1 aromatic carbocycles. The first-order chi connectivity index (χ1) is 11.6. The quantitative estimate of drug-likeness (QED) is 0.894. The van der Waals surface area contributed by atoms with E-state index in [4.69, 9.17) is 16.3 Å². The number of rotatable bonds is 5. The van der Waals surface area contributed by atoms with Crippen molar-refractivity contribution in [1.29, 1.82) is 0 Å². The first-order valence-corrected chi connectivity index (χ1v) is 8.36. The van der Waals surface area contributed by atoms with E-state index >= 15 is 0 Å². The highest BCUT2D eigenvalue weighted by atomic mass is 35.5. The molecule has 2 heterocycles. The zero-order chi connectivity index (χ0) is 16.9. The molecule has 1 aliphatic heterocycles. The fourth-order valence-corrected chi connectivity index (χ4v) is 3.07. The molecule has 1 aliphatic rings. The van der Waals surface area contributed by atoms with Gasteiger partial charge in [0.25, 0.3) is 5.56 Å².